The maximum atomic E-state index is 13.6. The molecule has 0 saturated heterocycles. The van der Waals surface area contributed by atoms with Crippen LogP contribution in [-0.4, -0.2) is 14.7 Å². The summed E-state index contributed by atoms with van der Waals surface area (Å²) in [6, 6.07) is 1.60. The number of nitro groups is 1. The maximum Gasteiger partial charge on any atom is 0.298 e. The standard InChI is InChI=1S/C9H4BrF2N3O2/c10-5-3-13-14(4-5)9-7(15(16)17)2-1-6(11)8(9)12/h1-4H. The topological polar surface area (TPSA) is 61.0 Å². The van der Waals surface area contributed by atoms with Crippen LogP contribution in [0.2, 0.25) is 0 Å². The highest BCUT2D eigenvalue weighted by molar-refractivity contribution is 9.10. The molecule has 1 aromatic carbocycles. The summed E-state index contributed by atoms with van der Waals surface area (Å²) in [5.41, 5.74) is -1.08. The van der Waals surface area contributed by atoms with Crippen molar-refractivity contribution in [1.82, 2.24) is 9.78 Å². The summed E-state index contributed by atoms with van der Waals surface area (Å²) in [7, 11) is 0. The predicted octanol–water partition coefficient (Wildman–Crippen LogP) is 2.82. The molecule has 0 atom stereocenters. The number of nitro benzene ring substituents is 1. The first kappa shape index (κ1) is 11.6. The fraction of sp³-hybridized carbons (Fsp3) is 0. The van der Waals surface area contributed by atoms with Crippen molar-refractivity contribution in [1.29, 1.82) is 0 Å². The van der Waals surface area contributed by atoms with Crippen LogP contribution in [0.15, 0.2) is 29.0 Å². The minimum atomic E-state index is -1.31. The highest BCUT2D eigenvalue weighted by Gasteiger charge is 2.23. The van der Waals surface area contributed by atoms with E-state index in [-0.39, 0.29) is 0 Å². The molecule has 0 aliphatic rings. The smallest absolute Gasteiger partial charge is 0.258 e. The predicted molar refractivity (Wildman–Crippen MR) is 57.8 cm³/mol. The molecule has 0 radical (unpaired) electrons. The van der Waals surface area contributed by atoms with Crippen LogP contribution in [0.5, 0.6) is 0 Å². The van der Waals surface area contributed by atoms with Gasteiger partial charge in [-0.15, -0.1) is 0 Å². The summed E-state index contributed by atoms with van der Waals surface area (Å²) in [5.74, 6) is -2.48. The van der Waals surface area contributed by atoms with Gasteiger partial charge in [0.05, 0.1) is 15.6 Å². The van der Waals surface area contributed by atoms with Crippen molar-refractivity contribution in [2.45, 2.75) is 0 Å². The zero-order valence-electron chi connectivity index (χ0n) is 8.10. The van der Waals surface area contributed by atoms with E-state index >= 15 is 0 Å². The molecule has 0 fully saturated rings. The van der Waals surface area contributed by atoms with Crippen molar-refractivity contribution in [3.63, 3.8) is 0 Å². The number of hydrogen-bond donors (Lipinski definition) is 0. The lowest BCUT2D eigenvalue weighted by atomic mass is 10.2. The summed E-state index contributed by atoms with van der Waals surface area (Å²) < 4.78 is 28.0. The molecule has 0 N–H and O–H groups in total. The van der Waals surface area contributed by atoms with E-state index in [2.05, 4.69) is 21.0 Å². The second kappa shape index (κ2) is 4.21. The van der Waals surface area contributed by atoms with Gasteiger partial charge in [0.1, 0.15) is 0 Å². The number of halogens is 3. The first-order valence-electron chi connectivity index (χ1n) is 4.33. The van der Waals surface area contributed by atoms with Crippen LogP contribution >= 0.6 is 15.9 Å². The lowest BCUT2D eigenvalue weighted by Crippen LogP contribution is -2.05. The van der Waals surface area contributed by atoms with E-state index in [1.807, 2.05) is 0 Å². The molecule has 1 heterocycles. The number of hydrogen-bond acceptors (Lipinski definition) is 3. The zero-order valence-corrected chi connectivity index (χ0v) is 9.69. The van der Waals surface area contributed by atoms with Crippen molar-refractivity contribution >= 4 is 21.6 Å². The first-order valence-corrected chi connectivity index (χ1v) is 5.13. The lowest BCUT2D eigenvalue weighted by molar-refractivity contribution is -0.384. The van der Waals surface area contributed by atoms with Gasteiger partial charge in [0.25, 0.3) is 5.69 Å². The zero-order chi connectivity index (χ0) is 12.6. The van der Waals surface area contributed by atoms with Crippen molar-refractivity contribution in [2.75, 3.05) is 0 Å². The van der Waals surface area contributed by atoms with Crippen LogP contribution in [0, 0.1) is 21.7 Å². The van der Waals surface area contributed by atoms with E-state index in [0.717, 1.165) is 10.7 Å². The fourth-order valence-electron chi connectivity index (χ4n) is 1.32. The third-order valence-corrected chi connectivity index (χ3v) is 2.43. The van der Waals surface area contributed by atoms with Gasteiger partial charge in [-0.05, 0) is 22.0 Å². The SMILES string of the molecule is O=[N+]([O-])c1ccc(F)c(F)c1-n1cc(Br)cn1. The highest BCUT2D eigenvalue weighted by Crippen LogP contribution is 2.27. The molecular weight excluding hydrogens is 300 g/mol. The number of aromatic nitrogens is 2. The molecule has 0 spiro atoms. The second-order valence-electron chi connectivity index (χ2n) is 3.09. The molecule has 0 amide bonds. The monoisotopic (exact) mass is 303 g/mol. The summed E-state index contributed by atoms with van der Waals surface area (Å²) in [4.78, 5) is 9.93. The number of rotatable bonds is 2. The minimum Gasteiger partial charge on any atom is -0.258 e. The quantitative estimate of drug-likeness (QED) is 0.633. The Balaban J connectivity index is 2.73. The van der Waals surface area contributed by atoms with E-state index in [9.17, 15) is 18.9 Å². The average Bonchev–Trinajstić information content (AvgIpc) is 2.68. The largest absolute Gasteiger partial charge is 0.298 e. The Labute approximate surface area is 102 Å². The molecule has 5 nitrogen and oxygen atoms in total. The van der Waals surface area contributed by atoms with E-state index < -0.39 is 27.9 Å². The molecule has 0 saturated carbocycles. The Bertz CT molecular complexity index is 600. The normalized spacial score (nSPS) is 10.5. The van der Waals surface area contributed by atoms with Gasteiger partial charge in [0.15, 0.2) is 17.3 Å². The van der Waals surface area contributed by atoms with Crippen LogP contribution in [0.1, 0.15) is 0 Å². The number of nitrogens with zero attached hydrogens (tertiary/aromatic N) is 3. The van der Waals surface area contributed by atoms with Gasteiger partial charge in [-0.2, -0.15) is 5.10 Å². The van der Waals surface area contributed by atoms with Crippen molar-refractivity contribution in [3.8, 4) is 5.69 Å². The van der Waals surface area contributed by atoms with Gasteiger partial charge in [-0.1, -0.05) is 0 Å². The highest BCUT2D eigenvalue weighted by atomic mass is 79.9. The molecule has 8 heteroatoms. The number of benzene rings is 1. The van der Waals surface area contributed by atoms with Gasteiger partial charge in [0, 0.05) is 12.3 Å². The lowest BCUT2D eigenvalue weighted by Gasteiger charge is -2.04. The molecule has 0 aliphatic carbocycles. The average molecular weight is 304 g/mol. The van der Waals surface area contributed by atoms with Crippen LogP contribution < -0.4 is 0 Å². The Hall–Kier alpha value is -1.83. The molecule has 17 heavy (non-hydrogen) atoms. The molecule has 1 aromatic heterocycles. The molecule has 0 aliphatic heterocycles. The van der Waals surface area contributed by atoms with E-state index in [4.69, 9.17) is 0 Å². The molecule has 0 unspecified atom stereocenters. The summed E-state index contributed by atoms with van der Waals surface area (Å²) in [6.07, 6.45) is 2.61. The second-order valence-corrected chi connectivity index (χ2v) is 4.01. The van der Waals surface area contributed by atoms with Crippen molar-refractivity contribution in [2.24, 2.45) is 0 Å². The Morgan fingerprint density at radius 1 is 1.41 bits per heavy atom. The maximum absolute atomic E-state index is 13.6. The molecule has 0 bridgehead atoms. The van der Waals surface area contributed by atoms with Crippen molar-refractivity contribution < 1.29 is 13.7 Å². The minimum absolute atomic E-state index is 0.496. The van der Waals surface area contributed by atoms with E-state index in [1.54, 1.807) is 0 Å². The molecular formula is C9H4BrF2N3O2. The molecule has 2 aromatic rings. The third kappa shape index (κ3) is 2.03. The Morgan fingerprint density at radius 2 is 2.12 bits per heavy atom. The van der Waals surface area contributed by atoms with E-state index in [1.165, 1.54) is 12.4 Å². The van der Waals surface area contributed by atoms with Crippen LogP contribution in [0.4, 0.5) is 14.5 Å². The Morgan fingerprint density at radius 3 is 2.65 bits per heavy atom. The molecule has 88 valence electrons. The van der Waals surface area contributed by atoms with Crippen LogP contribution in [0.25, 0.3) is 5.69 Å². The first-order chi connectivity index (χ1) is 8.00. The summed E-state index contributed by atoms with van der Waals surface area (Å²) in [5, 5.41) is 14.4. The fourth-order valence-corrected chi connectivity index (χ4v) is 1.60. The summed E-state index contributed by atoms with van der Waals surface area (Å²) >= 11 is 3.06. The van der Waals surface area contributed by atoms with Gasteiger partial charge < -0.3 is 0 Å². The Kier molecular flexibility index (Phi) is 2.88. The summed E-state index contributed by atoms with van der Waals surface area (Å²) in [6.45, 7) is 0. The van der Waals surface area contributed by atoms with Crippen molar-refractivity contribution in [3.05, 3.63) is 50.7 Å². The van der Waals surface area contributed by atoms with Gasteiger partial charge in [0.2, 0.25) is 0 Å². The van der Waals surface area contributed by atoms with E-state index in [0.29, 0.717) is 10.5 Å². The van der Waals surface area contributed by atoms with Gasteiger partial charge >= 0.3 is 0 Å². The third-order valence-electron chi connectivity index (χ3n) is 2.02. The van der Waals surface area contributed by atoms with Gasteiger partial charge in [-0.25, -0.2) is 13.5 Å². The van der Waals surface area contributed by atoms with Gasteiger partial charge in [-0.3, -0.25) is 10.1 Å². The van der Waals surface area contributed by atoms with Crippen LogP contribution in [-0.2, 0) is 0 Å². The molecule has 2 rings (SSSR count). The van der Waals surface area contributed by atoms with Crippen LogP contribution in [0.3, 0.4) is 0 Å².